The maximum atomic E-state index is 6.36. The Morgan fingerprint density at radius 1 is 1.39 bits per heavy atom. The molecule has 0 bridgehead atoms. The number of nitrogens with zero attached hydrogens (tertiary/aromatic N) is 2. The second-order valence-electron chi connectivity index (χ2n) is 4.60. The van der Waals surface area contributed by atoms with Crippen LogP contribution < -0.4 is 10.5 Å². The van der Waals surface area contributed by atoms with Crippen molar-refractivity contribution in [2.75, 3.05) is 13.7 Å². The fourth-order valence-corrected chi connectivity index (χ4v) is 2.18. The Labute approximate surface area is 109 Å². The predicted molar refractivity (Wildman–Crippen MR) is 71.6 cm³/mol. The zero-order valence-corrected chi connectivity index (χ0v) is 12.0. The first-order chi connectivity index (χ1) is 8.56. The first-order valence-electron chi connectivity index (χ1n) is 6.53. The third kappa shape index (κ3) is 3.03. The molecule has 2 N–H and O–H groups in total. The molecule has 0 radical (unpaired) electrons. The first kappa shape index (κ1) is 15.0. The number of ether oxygens (including phenoxy) is 2. The SMILES string of the molecule is CCOC(C(C)C)C(N)c1c(OC)cnn1CC. The average Bonchev–Trinajstić information content (AvgIpc) is 2.77. The molecule has 1 heterocycles. The highest BCUT2D eigenvalue weighted by molar-refractivity contribution is 5.29. The van der Waals surface area contributed by atoms with E-state index in [-0.39, 0.29) is 12.1 Å². The van der Waals surface area contributed by atoms with E-state index in [1.807, 2.05) is 18.5 Å². The van der Waals surface area contributed by atoms with E-state index in [0.29, 0.717) is 12.5 Å². The first-order valence-corrected chi connectivity index (χ1v) is 6.53. The van der Waals surface area contributed by atoms with Gasteiger partial charge in [0.2, 0.25) is 0 Å². The van der Waals surface area contributed by atoms with Crippen LogP contribution in [0.15, 0.2) is 6.20 Å². The van der Waals surface area contributed by atoms with Crippen LogP contribution in [0.25, 0.3) is 0 Å². The summed E-state index contributed by atoms with van der Waals surface area (Å²) in [5.74, 6) is 1.07. The minimum absolute atomic E-state index is 0.0362. The van der Waals surface area contributed by atoms with Crippen molar-refractivity contribution in [1.29, 1.82) is 0 Å². The Balaban J connectivity index is 3.06. The number of nitrogens with two attached hydrogens (primary N) is 1. The summed E-state index contributed by atoms with van der Waals surface area (Å²) in [4.78, 5) is 0. The van der Waals surface area contributed by atoms with Crippen molar-refractivity contribution in [3.63, 3.8) is 0 Å². The zero-order valence-electron chi connectivity index (χ0n) is 12.0. The van der Waals surface area contributed by atoms with Crippen LogP contribution in [-0.4, -0.2) is 29.6 Å². The number of aryl methyl sites for hydroxylation is 1. The van der Waals surface area contributed by atoms with Gasteiger partial charge in [-0.1, -0.05) is 13.8 Å². The second kappa shape index (κ2) is 6.75. The smallest absolute Gasteiger partial charge is 0.161 e. The van der Waals surface area contributed by atoms with E-state index >= 15 is 0 Å². The van der Waals surface area contributed by atoms with Crippen LogP contribution in [0.5, 0.6) is 5.75 Å². The van der Waals surface area contributed by atoms with Gasteiger partial charge < -0.3 is 15.2 Å². The molecule has 18 heavy (non-hydrogen) atoms. The molecule has 1 aromatic heterocycles. The van der Waals surface area contributed by atoms with Crippen molar-refractivity contribution in [3.05, 3.63) is 11.9 Å². The van der Waals surface area contributed by atoms with E-state index in [0.717, 1.165) is 18.0 Å². The fraction of sp³-hybridized carbons (Fsp3) is 0.769. The number of hydrogen-bond acceptors (Lipinski definition) is 4. The third-order valence-electron chi connectivity index (χ3n) is 3.05. The molecule has 0 aliphatic heterocycles. The Morgan fingerprint density at radius 2 is 2.06 bits per heavy atom. The number of hydrogen-bond donors (Lipinski definition) is 1. The molecule has 5 heteroatoms. The molecule has 0 aliphatic rings. The zero-order chi connectivity index (χ0) is 13.7. The van der Waals surface area contributed by atoms with E-state index < -0.39 is 0 Å². The molecule has 1 rings (SSSR count). The fourth-order valence-electron chi connectivity index (χ4n) is 2.18. The molecule has 0 fully saturated rings. The predicted octanol–water partition coefficient (Wildman–Crippen LogP) is 1.97. The van der Waals surface area contributed by atoms with Crippen LogP contribution in [0, 0.1) is 5.92 Å². The van der Waals surface area contributed by atoms with Crippen molar-refractivity contribution >= 4 is 0 Å². The van der Waals surface area contributed by atoms with Crippen LogP contribution in [-0.2, 0) is 11.3 Å². The lowest BCUT2D eigenvalue weighted by Gasteiger charge is -2.28. The van der Waals surface area contributed by atoms with Crippen LogP contribution in [0.4, 0.5) is 0 Å². The van der Waals surface area contributed by atoms with Gasteiger partial charge >= 0.3 is 0 Å². The van der Waals surface area contributed by atoms with Gasteiger partial charge in [-0.25, -0.2) is 0 Å². The Hall–Kier alpha value is -1.07. The summed E-state index contributed by atoms with van der Waals surface area (Å²) in [6.45, 7) is 9.66. The van der Waals surface area contributed by atoms with E-state index in [1.54, 1.807) is 13.3 Å². The monoisotopic (exact) mass is 255 g/mol. The number of aromatic nitrogens is 2. The molecule has 2 unspecified atom stereocenters. The molecule has 1 aromatic rings. The summed E-state index contributed by atoms with van der Waals surface area (Å²) in [6, 6.07) is -0.234. The standard InChI is InChI=1S/C13H25N3O2/c1-6-16-12(10(17-5)8-15-16)11(14)13(9(3)4)18-7-2/h8-9,11,13H,6-7,14H2,1-5H3. The van der Waals surface area contributed by atoms with Gasteiger partial charge in [0.15, 0.2) is 5.75 Å². The number of methoxy groups -OCH3 is 1. The van der Waals surface area contributed by atoms with E-state index in [2.05, 4.69) is 18.9 Å². The van der Waals surface area contributed by atoms with E-state index in [4.69, 9.17) is 15.2 Å². The van der Waals surface area contributed by atoms with Crippen LogP contribution >= 0.6 is 0 Å². The summed E-state index contributed by atoms with van der Waals surface area (Å²) in [6.07, 6.45) is 1.67. The maximum absolute atomic E-state index is 6.36. The highest BCUT2D eigenvalue weighted by atomic mass is 16.5. The molecular formula is C13H25N3O2. The lowest BCUT2D eigenvalue weighted by atomic mass is 9.97. The lowest BCUT2D eigenvalue weighted by molar-refractivity contribution is 0.00981. The van der Waals surface area contributed by atoms with E-state index in [1.165, 1.54) is 0 Å². The van der Waals surface area contributed by atoms with Crippen molar-refractivity contribution < 1.29 is 9.47 Å². The molecule has 0 saturated carbocycles. The Bertz CT molecular complexity index is 342. The summed E-state index contributed by atoms with van der Waals surface area (Å²) < 4.78 is 13.0. The summed E-state index contributed by atoms with van der Waals surface area (Å²) in [5, 5.41) is 4.28. The molecule has 0 amide bonds. The van der Waals surface area contributed by atoms with E-state index in [9.17, 15) is 0 Å². The van der Waals surface area contributed by atoms with Crippen LogP contribution in [0.2, 0.25) is 0 Å². The molecular weight excluding hydrogens is 230 g/mol. The maximum Gasteiger partial charge on any atom is 0.161 e. The Morgan fingerprint density at radius 3 is 2.50 bits per heavy atom. The minimum Gasteiger partial charge on any atom is -0.493 e. The summed E-state index contributed by atoms with van der Waals surface area (Å²) in [7, 11) is 1.64. The van der Waals surface area contributed by atoms with Gasteiger partial charge in [0, 0.05) is 13.2 Å². The second-order valence-corrected chi connectivity index (χ2v) is 4.60. The molecule has 0 spiro atoms. The molecule has 0 aromatic carbocycles. The molecule has 104 valence electrons. The van der Waals surface area contributed by atoms with Gasteiger partial charge in [0.05, 0.1) is 31.1 Å². The quantitative estimate of drug-likeness (QED) is 0.809. The van der Waals surface area contributed by atoms with Crippen molar-refractivity contribution in [2.45, 2.75) is 46.4 Å². The molecule has 0 saturated heterocycles. The van der Waals surface area contributed by atoms with Crippen LogP contribution in [0.1, 0.15) is 39.4 Å². The van der Waals surface area contributed by atoms with Crippen molar-refractivity contribution in [2.24, 2.45) is 11.7 Å². The van der Waals surface area contributed by atoms with Gasteiger partial charge in [-0.05, 0) is 19.8 Å². The lowest BCUT2D eigenvalue weighted by Crippen LogP contribution is -2.35. The molecule has 0 aliphatic carbocycles. The topological polar surface area (TPSA) is 62.3 Å². The van der Waals surface area contributed by atoms with Gasteiger partial charge in [0.1, 0.15) is 0 Å². The summed E-state index contributed by atoms with van der Waals surface area (Å²) >= 11 is 0. The van der Waals surface area contributed by atoms with Crippen molar-refractivity contribution in [3.8, 4) is 5.75 Å². The van der Waals surface area contributed by atoms with Gasteiger partial charge in [-0.2, -0.15) is 5.10 Å². The molecule has 2 atom stereocenters. The highest BCUT2D eigenvalue weighted by Gasteiger charge is 2.28. The minimum atomic E-state index is -0.234. The van der Waals surface area contributed by atoms with Gasteiger partial charge in [0.25, 0.3) is 0 Å². The highest BCUT2D eigenvalue weighted by Crippen LogP contribution is 2.29. The van der Waals surface area contributed by atoms with Crippen LogP contribution in [0.3, 0.4) is 0 Å². The third-order valence-corrected chi connectivity index (χ3v) is 3.05. The summed E-state index contributed by atoms with van der Waals surface area (Å²) in [5.41, 5.74) is 7.27. The molecule has 5 nitrogen and oxygen atoms in total. The average molecular weight is 255 g/mol. The van der Waals surface area contributed by atoms with Gasteiger partial charge in [-0.15, -0.1) is 0 Å². The Kier molecular flexibility index (Phi) is 5.62. The van der Waals surface area contributed by atoms with Gasteiger partial charge in [-0.3, -0.25) is 4.68 Å². The van der Waals surface area contributed by atoms with Crippen molar-refractivity contribution in [1.82, 2.24) is 9.78 Å². The number of rotatable bonds is 7. The normalized spacial score (nSPS) is 14.8. The largest absolute Gasteiger partial charge is 0.493 e.